The Kier molecular flexibility index (Phi) is 11.4. The van der Waals surface area contributed by atoms with Crippen LogP contribution in [0.3, 0.4) is 0 Å². The van der Waals surface area contributed by atoms with Gasteiger partial charge in [-0.2, -0.15) is 0 Å². The van der Waals surface area contributed by atoms with Crippen molar-refractivity contribution in [1.82, 2.24) is 0 Å². The Morgan fingerprint density at radius 2 is 1.67 bits per heavy atom. The Bertz CT molecular complexity index is 1240. The second-order valence-electron chi connectivity index (χ2n) is 12.1. The highest BCUT2D eigenvalue weighted by Crippen LogP contribution is 2.37. The van der Waals surface area contributed by atoms with Gasteiger partial charge in [0.25, 0.3) is 0 Å². The Morgan fingerprint density at radius 3 is 2.38 bits per heavy atom. The molecule has 0 aliphatic carbocycles. The van der Waals surface area contributed by atoms with E-state index in [-0.39, 0.29) is 12.3 Å². The third kappa shape index (κ3) is 8.64. The molecule has 5 atom stereocenters. The van der Waals surface area contributed by atoms with Crippen molar-refractivity contribution in [3.63, 3.8) is 0 Å². The van der Waals surface area contributed by atoms with Crippen LogP contribution in [0.15, 0.2) is 82.0 Å². The predicted octanol–water partition coefficient (Wildman–Crippen LogP) is 7.96. The summed E-state index contributed by atoms with van der Waals surface area (Å²) in [6.07, 6.45) is 12.9. The van der Waals surface area contributed by atoms with Crippen molar-refractivity contribution in [3.8, 4) is 0 Å². The van der Waals surface area contributed by atoms with Gasteiger partial charge in [-0.25, -0.2) is 4.99 Å². The van der Waals surface area contributed by atoms with E-state index in [2.05, 4.69) is 80.8 Å². The van der Waals surface area contributed by atoms with Gasteiger partial charge in [-0.3, -0.25) is 4.99 Å². The van der Waals surface area contributed by atoms with Crippen LogP contribution in [0.1, 0.15) is 63.5 Å². The molecule has 0 bridgehead atoms. The molecular formula is C36H47N2O3P. The van der Waals surface area contributed by atoms with Crippen LogP contribution in [0.25, 0.3) is 0 Å². The fourth-order valence-electron chi connectivity index (χ4n) is 6.56. The van der Waals surface area contributed by atoms with E-state index in [1.165, 1.54) is 42.8 Å². The maximum absolute atomic E-state index is 6.34. The summed E-state index contributed by atoms with van der Waals surface area (Å²) in [6, 6.07) is 21.3. The summed E-state index contributed by atoms with van der Waals surface area (Å²) in [4.78, 5) is 10.0. The lowest BCUT2D eigenvalue weighted by molar-refractivity contribution is 0.109. The average molecular weight is 587 g/mol. The molecule has 224 valence electrons. The molecule has 5 nitrogen and oxygen atoms in total. The molecule has 5 unspecified atom stereocenters. The van der Waals surface area contributed by atoms with E-state index in [9.17, 15) is 0 Å². The summed E-state index contributed by atoms with van der Waals surface area (Å²) in [6.45, 7) is 6.81. The molecule has 0 fully saturated rings. The first-order valence-electron chi connectivity index (χ1n) is 15.8. The van der Waals surface area contributed by atoms with Crippen molar-refractivity contribution in [2.75, 3.05) is 26.0 Å². The summed E-state index contributed by atoms with van der Waals surface area (Å²) < 4.78 is 18.6. The van der Waals surface area contributed by atoms with Crippen LogP contribution in [-0.4, -0.2) is 56.2 Å². The molecule has 0 spiro atoms. The lowest BCUT2D eigenvalue weighted by atomic mass is 9.82. The highest BCUT2D eigenvalue weighted by atomic mass is 31.1. The van der Waals surface area contributed by atoms with Crippen molar-refractivity contribution in [2.45, 2.75) is 77.5 Å². The van der Waals surface area contributed by atoms with Crippen LogP contribution in [-0.2, 0) is 27.1 Å². The lowest BCUT2D eigenvalue weighted by Gasteiger charge is -2.24. The first kappa shape index (κ1) is 30.7. The maximum atomic E-state index is 6.34. The number of hydrogen-bond acceptors (Lipinski definition) is 5. The van der Waals surface area contributed by atoms with Gasteiger partial charge in [0.05, 0.1) is 25.0 Å². The minimum absolute atomic E-state index is 0.0830. The average Bonchev–Trinajstić information content (AvgIpc) is 3.75. The van der Waals surface area contributed by atoms with Crippen molar-refractivity contribution < 1.29 is 14.2 Å². The molecular weight excluding hydrogens is 539 g/mol. The van der Waals surface area contributed by atoms with E-state index in [0.29, 0.717) is 31.0 Å². The third-order valence-electron chi connectivity index (χ3n) is 8.97. The van der Waals surface area contributed by atoms with Crippen LogP contribution in [0.5, 0.6) is 0 Å². The van der Waals surface area contributed by atoms with E-state index in [0.717, 1.165) is 63.6 Å². The van der Waals surface area contributed by atoms with E-state index in [1.807, 2.05) is 0 Å². The molecule has 0 saturated carbocycles. The molecule has 3 aliphatic heterocycles. The van der Waals surface area contributed by atoms with Gasteiger partial charge >= 0.3 is 0 Å². The monoisotopic (exact) mass is 586 g/mol. The van der Waals surface area contributed by atoms with E-state index in [4.69, 9.17) is 24.2 Å². The zero-order chi connectivity index (χ0) is 29.1. The van der Waals surface area contributed by atoms with Gasteiger partial charge in [-0.15, -0.1) is 8.20 Å². The van der Waals surface area contributed by atoms with Gasteiger partial charge in [0.2, 0.25) is 0 Å². The van der Waals surface area contributed by atoms with Gasteiger partial charge in [0.1, 0.15) is 6.61 Å². The van der Waals surface area contributed by atoms with E-state index in [1.54, 1.807) is 0 Å². The summed E-state index contributed by atoms with van der Waals surface area (Å²) in [7, 11) is 1.22. The van der Waals surface area contributed by atoms with Crippen molar-refractivity contribution >= 4 is 26.1 Å². The Hall–Kier alpha value is -2.75. The van der Waals surface area contributed by atoms with Crippen molar-refractivity contribution in [2.24, 2.45) is 27.7 Å². The zero-order valence-corrected chi connectivity index (χ0v) is 26.3. The summed E-state index contributed by atoms with van der Waals surface area (Å²) >= 11 is 0. The van der Waals surface area contributed by atoms with Crippen molar-refractivity contribution in [3.05, 3.63) is 83.1 Å². The van der Waals surface area contributed by atoms with Gasteiger partial charge in [-0.1, -0.05) is 80.8 Å². The SMILES string of the molecule is C=PCCC1COC(CC(C)C(CCC2=NC(Cc3ccccc3)CO2)CC2=NC(Cc3ccccc3)OC2)=C1CC. The first-order chi connectivity index (χ1) is 20.6. The molecule has 6 heteroatoms. The summed E-state index contributed by atoms with van der Waals surface area (Å²) in [5.74, 6) is 3.62. The van der Waals surface area contributed by atoms with Gasteiger partial charge in [0, 0.05) is 30.9 Å². The smallest absolute Gasteiger partial charge is 0.183 e. The number of benzene rings is 2. The normalized spacial score (nSPS) is 23.4. The molecule has 42 heavy (non-hydrogen) atoms. The first-order valence-corrected chi connectivity index (χ1v) is 17.1. The minimum Gasteiger partial charge on any atom is -0.497 e. The summed E-state index contributed by atoms with van der Waals surface area (Å²) in [5.41, 5.74) is 5.30. The topological polar surface area (TPSA) is 52.4 Å². The number of hydrogen-bond donors (Lipinski definition) is 0. The van der Waals surface area contributed by atoms with Gasteiger partial charge in [0.15, 0.2) is 12.1 Å². The maximum Gasteiger partial charge on any atom is 0.183 e. The summed E-state index contributed by atoms with van der Waals surface area (Å²) in [5, 5.41) is 0. The molecule has 0 radical (unpaired) electrons. The molecule has 0 N–H and O–H groups in total. The highest BCUT2D eigenvalue weighted by molar-refractivity contribution is 7.36. The zero-order valence-electron chi connectivity index (χ0n) is 25.4. The van der Waals surface area contributed by atoms with E-state index < -0.39 is 0 Å². The van der Waals surface area contributed by atoms with Crippen LogP contribution in [0.2, 0.25) is 0 Å². The fourth-order valence-corrected chi connectivity index (χ4v) is 7.06. The van der Waals surface area contributed by atoms with Crippen LogP contribution in [0.4, 0.5) is 0 Å². The van der Waals surface area contributed by atoms with Gasteiger partial charge in [-0.05, 0) is 66.8 Å². The number of aliphatic imine (C=N–C) groups is 2. The number of rotatable bonds is 16. The molecule has 3 heterocycles. The van der Waals surface area contributed by atoms with Crippen LogP contribution < -0.4 is 0 Å². The second-order valence-corrected chi connectivity index (χ2v) is 13.0. The van der Waals surface area contributed by atoms with E-state index >= 15 is 0 Å². The molecule has 2 aromatic rings. The number of ether oxygens (including phenoxy) is 3. The van der Waals surface area contributed by atoms with Crippen LogP contribution in [0, 0.1) is 17.8 Å². The molecule has 0 saturated heterocycles. The van der Waals surface area contributed by atoms with Gasteiger partial charge < -0.3 is 14.2 Å². The molecule has 5 rings (SSSR count). The predicted molar refractivity (Wildman–Crippen MR) is 176 cm³/mol. The number of nitrogens with zero attached hydrogens (tertiary/aromatic N) is 2. The largest absolute Gasteiger partial charge is 0.497 e. The Labute approximate surface area is 254 Å². The molecule has 3 aliphatic rings. The fraction of sp³-hybridized carbons (Fsp3) is 0.528. The lowest BCUT2D eigenvalue weighted by Crippen LogP contribution is -2.19. The molecule has 0 amide bonds. The van der Waals surface area contributed by atoms with Crippen molar-refractivity contribution in [1.29, 1.82) is 0 Å². The quantitative estimate of drug-likeness (QED) is 0.188. The second kappa shape index (κ2) is 15.6. The highest BCUT2D eigenvalue weighted by Gasteiger charge is 2.31. The molecule has 0 aromatic heterocycles. The standard InChI is InChI=1S/C36H47N2O3P/c1-4-33-30(17-18-42-3)23-39-34(33)19-26(2)29(22-32-25-41-36(38-32)21-28-13-9-6-10-14-28)15-16-35-37-31(24-40-35)20-27-11-7-5-8-12-27/h5-14,26,29-31,36H,3-4,15-25H2,1-2H3. The molecule has 2 aromatic carbocycles. The van der Waals surface area contributed by atoms with Crippen LogP contribution >= 0.6 is 8.20 Å². The Balaban J connectivity index is 1.24. The number of allylic oxidation sites excluding steroid dienone is 1. The minimum atomic E-state index is -0.0830. The Morgan fingerprint density at radius 1 is 0.929 bits per heavy atom. The third-order valence-corrected chi connectivity index (χ3v) is 9.54.